The molecule has 4 rings (SSSR count). The van der Waals surface area contributed by atoms with E-state index in [9.17, 15) is 24.0 Å². The quantitative estimate of drug-likeness (QED) is 0.172. The number of urea groups is 1. The zero-order valence-electron chi connectivity index (χ0n) is 21.7. The zero-order chi connectivity index (χ0) is 27.8. The fourth-order valence-electron chi connectivity index (χ4n) is 4.62. The number of hydrogen-bond acceptors (Lipinski definition) is 12. The highest BCUT2D eigenvalue weighted by Gasteiger charge is 2.66. The van der Waals surface area contributed by atoms with Crippen molar-refractivity contribution in [1.82, 2.24) is 19.7 Å². The summed E-state index contributed by atoms with van der Waals surface area (Å²) in [5, 5.41) is 5.79. The van der Waals surface area contributed by atoms with Gasteiger partial charge in [0.2, 0.25) is 16.9 Å². The van der Waals surface area contributed by atoms with Gasteiger partial charge in [-0.3, -0.25) is 14.5 Å². The summed E-state index contributed by atoms with van der Waals surface area (Å²) in [7, 11) is 4.11. The number of aromatic nitrogens is 1. The van der Waals surface area contributed by atoms with Gasteiger partial charge in [-0.15, -0.1) is 11.3 Å². The molecular weight excluding hydrogens is 538 g/mol. The maximum Gasteiger partial charge on any atom is 0.349 e. The molecule has 0 saturated carbocycles. The Morgan fingerprint density at radius 2 is 1.97 bits per heavy atom. The van der Waals surface area contributed by atoms with Crippen molar-refractivity contribution in [2.45, 2.75) is 43.0 Å². The summed E-state index contributed by atoms with van der Waals surface area (Å²) in [6, 6.07) is -0.327. The lowest BCUT2D eigenvalue weighted by atomic mass is 9.90. The van der Waals surface area contributed by atoms with Crippen molar-refractivity contribution in [3.63, 3.8) is 0 Å². The van der Waals surface area contributed by atoms with Crippen LogP contribution in [-0.2, 0) is 33.5 Å². The molecule has 1 unspecified atom stereocenters. The normalized spacial score (nSPS) is 25.7. The van der Waals surface area contributed by atoms with Crippen molar-refractivity contribution >= 4 is 58.5 Å². The lowest BCUT2D eigenvalue weighted by molar-refractivity contribution is -0.155. The molecule has 38 heavy (non-hydrogen) atoms. The molecule has 13 nitrogen and oxygen atoms in total. The largest absolute Gasteiger partial charge is 0.467 e. The van der Waals surface area contributed by atoms with Crippen LogP contribution < -0.4 is 0 Å². The fraction of sp³-hybridized carbons (Fsp3) is 0.609. The van der Waals surface area contributed by atoms with Crippen LogP contribution in [0.15, 0.2) is 10.5 Å². The number of nitrogens with zero attached hydrogens (tertiary/aromatic N) is 5. The Labute approximate surface area is 227 Å². The van der Waals surface area contributed by atoms with Crippen molar-refractivity contribution in [3.05, 3.63) is 16.1 Å². The Balaban J connectivity index is 1.55. The molecule has 3 aliphatic heterocycles. The first-order valence-electron chi connectivity index (χ1n) is 11.9. The van der Waals surface area contributed by atoms with Gasteiger partial charge < -0.3 is 24.1 Å². The lowest BCUT2D eigenvalue weighted by Crippen LogP contribution is -2.59. The number of methoxy groups -OCH3 is 2. The monoisotopic (exact) mass is 567 g/mol. The minimum Gasteiger partial charge on any atom is -0.467 e. The van der Waals surface area contributed by atoms with Gasteiger partial charge in [-0.05, 0) is 13.3 Å². The van der Waals surface area contributed by atoms with Crippen LogP contribution in [0.25, 0.3) is 0 Å². The predicted octanol–water partition coefficient (Wildman–Crippen LogP) is 0.851. The second kappa shape index (κ2) is 10.9. The molecule has 0 bridgehead atoms. The van der Waals surface area contributed by atoms with E-state index in [0.717, 1.165) is 11.8 Å². The fourth-order valence-corrected chi connectivity index (χ4v) is 6.99. The first kappa shape index (κ1) is 27.8. The molecule has 3 fully saturated rings. The number of thioether (sulfide) groups is 1. The van der Waals surface area contributed by atoms with Gasteiger partial charge in [0.1, 0.15) is 5.69 Å². The molecule has 0 aliphatic carbocycles. The standard InChI is InChI=1S/C23H29N5O8S2/c1-6-16(20(31)34-4)36-25-17(14-10-37-12(2)24-14)15(29)9-13-18(30)27-11-23(21(32)35-5,38-19(13)27)28-8-7-26(3)22(28)33/h10,13,16,19H,6-9,11H2,1-5H3/b25-17-/t13-,16?,19-,23-/m1/s1. The third-order valence-electron chi connectivity index (χ3n) is 6.75. The molecule has 3 amide bonds. The van der Waals surface area contributed by atoms with Crippen molar-refractivity contribution in [2.75, 3.05) is 40.9 Å². The number of carbonyl (C=O) groups excluding carboxylic acids is 5. The van der Waals surface area contributed by atoms with Gasteiger partial charge in [0.25, 0.3) is 0 Å². The molecule has 3 saturated heterocycles. The second-order valence-corrected chi connectivity index (χ2v) is 11.5. The number of ketones is 1. The first-order chi connectivity index (χ1) is 18.1. The summed E-state index contributed by atoms with van der Waals surface area (Å²) in [5.41, 5.74) is 0.163. The number of oxime groups is 1. The van der Waals surface area contributed by atoms with Crippen molar-refractivity contribution in [3.8, 4) is 0 Å². The average molecular weight is 568 g/mol. The van der Waals surface area contributed by atoms with Crippen LogP contribution in [0.4, 0.5) is 4.79 Å². The van der Waals surface area contributed by atoms with E-state index in [4.69, 9.17) is 14.3 Å². The molecule has 0 N–H and O–H groups in total. The molecule has 4 atom stereocenters. The van der Waals surface area contributed by atoms with E-state index in [1.54, 1.807) is 26.3 Å². The molecule has 0 spiro atoms. The second-order valence-electron chi connectivity index (χ2n) is 9.06. The minimum atomic E-state index is -1.39. The van der Waals surface area contributed by atoms with E-state index in [0.29, 0.717) is 18.1 Å². The highest BCUT2D eigenvalue weighted by molar-refractivity contribution is 8.02. The third-order valence-corrected chi connectivity index (χ3v) is 9.25. The van der Waals surface area contributed by atoms with E-state index in [-0.39, 0.29) is 42.7 Å². The Morgan fingerprint density at radius 1 is 1.24 bits per heavy atom. The van der Waals surface area contributed by atoms with Crippen LogP contribution in [-0.4, -0.2) is 112 Å². The van der Waals surface area contributed by atoms with Crippen molar-refractivity contribution in [2.24, 2.45) is 11.1 Å². The molecule has 3 aliphatic rings. The van der Waals surface area contributed by atoms with Crippen LogP contribution in [0.3, 0.4) is 0 Å². The highest BCUT2D eigenvalue weighted by Crippen LogP contribution is 2.53. The van der Waals surface area contributed by atoms with Crippen LogP contribution in [0.2, 0.25) is 0 Å². The summed E-state index contributed by atoms with van der Waals surface area (Å²) in [4.78, 5) is 76.9. The van der Waals surface area contributed by atoms with Crippen LogP contribution in [0.1, 0.15) is 30.5 Å². The number of esters is 2. The molecule has 15 heteroatoms. The van der Waals surface area contributed by atoms with Gasteiger partial charge in [0.05, 0.1) is 37.1 Å². The van der Waals surface area contributed by atoms with Crippen molar-refractivity contribution in [1.29, 1.82) is 0 Å². The van der Waals surface area contributed by atoms with Crippen LogP contribution in [0, 0.1) is 12.8 Å². The summed E-state index contributed by atoms with van der Waals surface area (Å²) in [5.74, 6) is -2.81. The van der Waals surface area contributed by atoms with Crippen LogP contribution >= 0.6 is 23.1 Å². The number of rotatable bonds is 10. The van der Waals surface area contributed by atoms with E-state index in [1.165, 1.54) is 40.3 Å². The van der Waals surface area contributed by atoms with Gasteiger partial charge in [-0.1, -0.05) is 23.8 Å². The number of ether oxygens (including phenoxy) is 2. The Kier molecular flexibility index (Phi) is 7.97. The highest BCUT2D eigenvalue weighted by atomic mass is 32.2. The zero-order valence-corrected chi connectivity index (χ0v) is 23.3. The predicted molar refractivity (Wildman–Crippen MR) is 136 cm³/mol. The average Bonchev–Trinajstić information content (AvgIpc) is 3.60. The number of hydrogen-bond donors (Lipinski definition) is 0. The number of amides is 3. The summed E-state index contributed by atoms with van der Waals surface area (Å²) in [6.07, 6.45) is -0.959. The van der Waals surface area contributed by atoms with Gasteiger partial charge in [0.15, 0.2) is 11.5 Å². The minimum absolute atomic E-state index is 0.0231. The Bertz CT molecular complexity index is 1190. The van der Waals surface area contributed by atoms with Gasteiger partial charge in [-0.25, -0.2) is 19.4 Å². The number of carbonyl (C=O) groups is 5. The molecule has 206 valence electrons. The van der Waals surface area contributed by atoms with Gasteiger partial charge in [0, 0.05) is 31.9 Å². The maximum absolute atomic E-state index is 13.4. The summed E-state index contributed by atoms with van der Waals surface area (Å²) >= 11 is 2.46. The molecule has 1 aromatic heterocycles. The molecule has 1 aromatic rings. The number of thiazole rings is 1. The number of likely N-dealkylation sites (N-methyl/N-ethyl adjacent to an activating group) is 1. The summed E-state index contributed by atoms with van der Waals surface area (Å²) in [6.45, 7) is 4.21. The Morgan fingerprint density at radius 3 is 2.53 bits per heavy atom. The van der Waals surface area contributed by atoms with Crippen LogP contribution in [0.5, 0.6) is 0 Å². The van der Waals surface area contributed by atoms with E-state index >= 15 is 0 Å². The first-order valence-corrected chi connectivity index (χ1v) is 13.7. The van der Waals surface area contributed by atoms with Gasteiger partial charge in [-0.2, -0.15) is 0 Å². The number of Topliss-reactive ketones (excluding diaryl/α,β-unsaturated/α-hetero) is 1. The van der Waals surface area contributed by atoms with E-state index in [2.05, 4.69) is 10.1 Å². The number of β-lactam (4-membered cyclic amide) rings is 1. The van der Waals surface area contributed by atoms with Gasteiger partial charge >= 0.3 is 18.0 Å². The lowest BCUT2D eigenvalue weighted by Gasteiger charge is -2.40. The molecular formula is C23H29N5O8S2. The smallest absolute Gasteiger partial charge is 0.349 e. The van der Waals surface area contributed by atoms with Crippen molar-refractivity contribution < 1.29 is 38.3 Å². The molecule has 0 radical (unpaired) electrons. The Hall–Kier alpha value is -3.20. The number of aryl methyl sites for hydroxylation is 1. The maximum atomic E-state index is 13.4. The SMILES string of the molecule is CCC(O/N=C(\C(=O)C[C@@H]1C(=O)N2C[C@@](C(=O)OC)(N3CCN(C)C3=O)S[C@H]12)c1csc(C)n1)C(=O)OC. The summed E-state index contributed by atoms with van der Waals surface area (Å²) < 4.78 is 9.75. The number of fused-ring (bicyclic) bond motifs is 1. The van der Waals surface area contributed by atoms with E-state index < -0.39 is 40.0 Å². The van der Waals surface area contributed by atoms with E-state index in [1.807, 2.05) is 0 Å². The molecule has 0 aromatic carbocycles. The topological polar surface area (TPSA) is 148 Å². The third kappa shape index (κ3) is 4.72. The molecule has 4 heterocycles.